The Kier molecular flexibility index (Phi) is 6.25. The van der Waals surface area contributed by atoms with Gasteiger partial charge in [-0.1, -0.05) is 44.0 Å². The predicted octanol–water partition coefficient (Wildman–Crippen LogP) is 4.36. The van der Waals surface area contributed by atoms with Crippen LogP contribution < -0.4 is 5.56 Å². The van der Waals surface area contributed by atoms with Gasteiger partial charge < -0.3 is 14.6 Å². The first-order chi connectivity index (χ1) is 16.0. The van der Waals surface area contributed by atoms with Crippen LogP contribution in [0, 0.1) is 0 Å². The number of rotatable bonds is 5. The highest BCUT2D eigenvalue weighted by Crippen LogP contribution is 2.44. The standard InChI is InChI=1S/C25H30F3N3O3/c1-4-17-8-7-9-18(12-17)24(10-5-6-11-24)13-19-29-22(33)21(32)20-23(34)31(15(2)14-30(19)20)16(3)25(26,27)28/h7-9,12,15-16,32H,4-6,10-11,13-14H2,1-3H3/t15-,16-/m1/s1. The van der Waals surface area contributed by atoms with Crippen molar-refractivity contribution >= 4 is 5.91 Å². The molecule has 2 aliphatic rings. The summed E-state index contributed by atoms with van der Waals surface area (Å²) < 4.78 is 41.8. The SMILES string of the molecule is CCc1cccc(C2(Cc3nc(=O)c(O)c4n3C[C@@H](C)N([C@H](C)C(F)(F)F)C4=O)CCCC2)c1. The van der Waals surface area contributed by atoms with Crippen molar-refractivity contribution in [3.05, 3.63) is 57.3 Å². The zero-order valence-electron chi connectivity index (χ0n) is 19.7. The first kappa shape index (κ1) is 24.3. The van der Waals surface area contributed by atoms with E-state index in [9.17, 15) is 27.9 Å². The van der Waals surface area contributed by atoms with E-state index in [-0.39, 0.29) is 12.0 Å². The molecule has 2 atom stereocenters. The van der Waals surface area contributed by atoms with Crippen LogP contribution in [0.5, 0.6) is 5.75 Å². The van der Waals surface area contributed by atoms with Crippen LogP contribution in [0.2, 0.25) is 0 Å². The van der Waals surface area contributed by atoms with Crippen LogP contribution in [0.3, 0.4) is 0 Å². The molecule has 0 radical (unpaired) electrons. The van der Waals surface area contributed by atoms with Gasteiger partial charge in [-0.2, -0.15) is 18.2 Å². The second-order valence-corrected chi connectivity index (χ2v) is 9.64. The van der Waals surface area contributed by atoms with Gasteiger partial charge in [-0.3, -0.25) is 9.59 Å². The van der Waals surface area contributed by atoms with Gasteiger partial charge in [0.25, 0.3) is 5.91 Å². The lowest BCUT2D eigenvalue weighted by Crippen LogP contribution is -2.56. The Morgan fingerprint density at radius 3 is 2.53 bits per heavy atom. The van der Waals surface area contributed by atoms with Crippen LogP contribution >= 0.6 is 0 Å². The maximum absolute atomic E-state index is 13.4. The maximum atomic E-state index is 13.4. The van der Waals surface area contributed by atoms with E-state index in [0.29, 0.717) is 17.1 Å². The lowest BCUT2D eigenvalue weighted by atomic mass is 9.75. The zero-order chi connectivity index (χ0) is 24.8. The number of carbonyl (C=O) groups is 1. The number of hydrogen-bond donors (Lipinski definition) is 1. The van der Waals surface area contributed by atoms with Gasteiger partial charge in [0.05, 0.1) is 0 Å². The molecule has 1 saturated carbocycles. The monoisotopic (exact) mass is 477 g/mol. The van der Waals surface area contributed by atoms with E-state index in [1.54, 1.807) is 0 Å². The predicted molar refractivity (Wildman–Crippen MR) is 121 cm³/mol. The normalized spacial score (nSPS) is 20.9. The number of carbonyl (C=O) groups excluding carboxylic acids is 1. The van der Waals surface area contributed by atoms with Gasteiger partial charge in [-0.15, -0.1) is 0 Å². The number of aryl methyl sites for hydroxylation is 1. The fourth-order valence-electron chi connectivity index (χ4n) is 5.57. The fraction of sp³-hybridized carbons (Fsp3) is 0.560. The van der Waals surface area contributed by atoms with Gasteiger partial charge >= 0.3 is 11.7 Å². The van der Waals surface area contributed by atoms with E-state index in [2.05, 4.69) is 30.1 Å². The molecule has 184 valence electrons. The Morgan fingerprint density at radius 2 is 1.91 bits per heavy atom. The van der Waals surface area contributed by atoms with E-state index in [1.807, 2.05) is 6.07 Å². The zero-order valence-corrected chi connectivity index (χ0v) is 19.7. The van der Waals surface area contributed by atoms with E-state index < -0.39 is 41.2 Å². The number of halogens is 3. The van der Waals surface area contributed by atoms with E-state index in [1.165, 1.54) is 17.1 Å². The van der Waals surface area contributed by atoms with Crippen LogP contribution in [-0.4, -0.2) is 43.7 Å². The lowest BCUT2D eigenvalue weighted by molar-refractivity contribution is -0.177. The minimum Gasteiger partial charge on any atom is -0.501 e. The number of aromatic nitrogens is 2. The molecule has 0 unspecified atom stereocenters. The third-order valence-corrected chi connectivity index (χ3v) is 7.49. The first-order valence-electron chi connectivity index (χ1n) is 11.8. The highest BCUT2D eigenvalue weighted by atomic mass is 19.4. The van der Waals surface area contributed by atoms with Crippen molar-refractivity contribution in [1.29, 1.82) is 0 Å². The molecule has 0 bridgehead atoms. The summed E-state index contributed by atoms with van der Waals surface area (Å²) >= 11 is 0. The van der Waals surface area contributed by atoms with Gasteiger partial charge in [0.2, 0.25) is 5.75 Å². The topological polar surface area (TPSA) is 75.4 Å². The minimum atomic E-state index is -4.63. The highest BCUT2D eigenvalue weighted by molar-refractivity contribution is 5.96. The van der Waals surface area contributed by atoms with Crippen molar-refractivity contribution in [2.45, 2.75) is 89.5 Å². The second kappa shape index (κ2) is 8.74. The molecule has 1 aromatic carbocycles. The molecule has 9 heteroatoms. The number of nitrogens with zero attached hydrogens (tertiary/aromatic N) is 3. The second-order valence-electron chi connectivity index (χ2n) is 9.64. The Bertz CT molecular complexity index is 1150. The van der Waals surface area contributed by atoms with Crippen molar-refractivity contribution in [2.24, 2.45) is 0 Å². The third kappa shape index (κ3) is 4.09. The summed E-state index contributed by atoms with van der Waals surface area (Å²) in [5.41, 5.74) is 0.662. The summed E-state index contributed by atoms with van der Waals surface area (Å²) in [4.78, 5) is 30.6. The Balaban J connectivity index is 1.81. The molecule has 1 aliphatic heterocycles. The van der Waals surface area contributed by atoms with E-state index in [4.69, 9.17) is 0 Å². The van der Waals surface area contributed by atoms with Gasteiger partial charge in [-0.05, 0) is 44.2 Å². The average Bonchev–Trinajstić information content (AvgIpc) is 3.26. The van der Waals surface area contributed by atoms with E-state index in [0.717, 1.165) is 44.6 Å². The maximum Gasteiger partial charge on any atom is 0.408 e. The largest absolute Gasteiger partial charge is 0.501 e. The van der Waals surface area contributed by atoms with Crippen molar-refractivity contribution in [2.75, 3.05) is 0 Å². The van der Waals surface area contributed by atoms with Gasteiger partial charge in [0.15, 0.2) is 5.69 Å². The Morgan fingerprint density at radius 1 is 1.24 bits per heavy atom. The Labute approximate surface area is 196 Å². The number of benzene rings is 1. The highest BCUT2D eigenvalue weighted by Gasteiger charge is 2.48. The molecular weight excluding hydrogens is 447 g/mol. The quantitative estimate of drug-likeness (QED) is 0.694. The summed E-state index contributed by atoms with van der Waals surface area (Å²) in [5.74, 6) is -1.56. The van der Waals surface area contributed by atoms with Gasteiger partial charge in [0, 0.05) is 24.4 Å². The molecular formula is C25H30F3N3O3. The third-order valence-electron chi connectivity index (χ3n) is 7.49. The summed E-state index contributed by atoms with van der Waals surface area (Å²) in [7, 11) is 0. The summed E-state index contributed by atoms with van der Waals surface area (Å²) in [6.45, 7) is 4.55. The van der Waals surface area contributed by atoms with Crippen molar-refractivity contribution < 1.29 is 23.1 Å². The molecule has 1 N–H and O–H groups in total. The molecule has 6 nitrogen and oxygen atoms in total. The molecule has 2 heterocycles. The molecule has 0 spiro atoms. The number of hydrogen-bond acceptors (Lipinski definition) is 4. The number of alkyl halides is 3. The molecule has 1 fully saturated rings. The van der Waals surface area contributed by atoms with Crippen LogP contribution in [0.25, 0.3) is 0 Å². The van der Waals surface area contributed by atoms with Crippen LogP contribution in [-0.2, 0) is 24.8 Å². The summed E-state index contributed by atoms with van der Waals surface area (Å²) in [6.07, 6.45) is 0.415. The molecule has 0 saturated heterocycles. The molecule has 34 heavy (non-hydrogen) atoms. The smallest absolute Gasteiger partial charge is 0.408 e. The van der Waals surface area contributed by atoms with E-state index >= 15 is 0 Å². The van der Waals surface area contributed by atoms with Crippen LogP contribution in [0.4, 0.5) is 13.2 Å². The molecule has 4 rings (SSSR count). The van der Waals surface area contributed by atoms with Crippen molar-refractivity contribution in [3.63, 3.8) is 0 Å². The fourth-order valence-corrected chi connectivity index (χ4v) is 5.57. The Hall–Kier alpha value is -2.84. The summed E-state index contributed by atoms with van der Waals surface area (Å²) in [5, 5.41) is 10.4. The summed E-state index contributed by atoms with van der Waals surface area (Å²) in [6, 6.07) is 5.48. The van der Waals surface area contributed by atoms with Crippen LogP contribution in [0.1, 0.15) is 73.9 Å². The lowest BCUT2D eigenvalue weighted by Gasteiger charge is -2.41. The molecule has 1 aromatic heterocycles. The molecule has 2 aromatic rings. The number of amides is 1. The minimum absolute atomic E-state index is 0.0166. The molecule has 1 aliphatic carbocycles. The number of aromatic hydroxyl groups is 1. The van der Waals surface area contributed by atoms with Gasteiger partial charge in [0.1, 0.15) is 11.9 Å². The molecule has 1 amide bonds. The van der Waals surface area contributed by atoms with Crippen molar-refractivity contribution in [1.82, 2.24) is 14.5 Å². The van der Waals surface area contributed by atoms with Crippen LogP contribution in [0.15, 0.2) is 29.1 Å². The average molecular weight is 478 g/mol. The van der Waals surface area contributed by atoms with Crippen molar-refractivity contribution in [3.8, 4) is 5.75 Å². The number of fused-ring (bicyclic) bond motifs is 1. The van der Waals surface area contributed by atoms with Gasteiger partial charge in [-0.25, -0.2) is 0 Å². The first-order valence-corrected chi connectivity index (χ1v) is 11.8.